The van der Waals surface area contributed by atoms with E-state index in [0.717, 1.165) is 23.9 Å². The summed E-state index contributed by atoms with van der Waals surface area (Å²) in [4.78, 5) is 6.52. The first-order valence-electron chi connectivity index (χ1n) is 6.47. The smallest absolute Gasteiger partial charge is 0.122 e. The lowest BCUT2D eigenvalue weighted by Gasteiger charge is -2.29. The van der Waals surface area contributed by atoms with E-state index >= 15 is 0 Å². The molecule has 104 valence electrons. The highest BCUT2D eigenvalue weighted by molar-refractivity contribution is 5.12. The van der Waals surface area contributed by atoms with E-state index in [1.54, 1.807) is 6.20 Å². The van der Waals surface area contributed by atoms with E-state index in [0.29, 0.717) is 0 Å². The number of aryl methyl sites for hydroxylation is 2. The zero-order chi connectivity index (χ0) is 14.0. The van der Waals surface area contributed by atoms with Crippen LogP contribution < -0.4 is 5.73 Å². The largest absolute Gasteiger partial charge is 0.465 e. The van der Waals surface area contributed by atoms with E-state index < -0.39 is 0 Å². The summed E-state index contributed by atoms with van der Waals surface area (Å²) in [6, 6.07) is 4.00. The van der Waals surface area contributed by atoms with Crippen molar-refractivity contribution in [2.45, 2.75) is 32.5 Å². The number of nitrogens with two attached hydrogens (primary N) is 1. The van der Waals surface area contributed by atoms with E-state index in [1.165, 1.54) is 0 Å². The van der Waals surface area contributed by atoms with Crippen LogP contribution in [0.4, 0.5) is 0 Å². The lowest BCUT2D eigenvalue weighted by Crippen LogP contribution is -2.37. The molecule has 0 saturated carbocycles. The monoisotopic (exact) mass is 262 g/mol. The number of rotatable bonds is 5. The minimum absolute atomic E-state index is 0.0178. The summed E-state index contributed by atoms with van der Waals surface area (Å²) < 4.78 is 7.74. The number of nitrogens with zero attached hydrogens (tertiary/aromatic N) is 3. The molecule has 0 aliphatic heterocycles. The highest BCUT2D eigenvalue weighted by Gasteiger charge is 2.25. The molecule has 2 unspecified atom stereocenters. The lowest BCUT2D eigenvalue weighted by atomic mass is 10.1. The van der Waals surface area contributed by atoms with Gasteiger partial charge in [0.2, 0.25) is 0 Å². The molecule has 2 N–H and O–H groups in total. The maximum atomic E-state index is 6.12. The van der Waals surface area contributed by atoms with Gasteiger partial charge in [0.05, 0.1) is 12.6 Å². The third-order valence-corrected chi connectivity index (χ3v) is 3.34. The van der Waals surface area contributed by atoms with Gasteiger partial charge in [-0.05, 0) is 33.0 Å². The van der Waals surface area contributed by atoms with Crippen LogP contribution in [-0.4, -0.2) is 27.5 Å². The quantitative estimate of drug-likeness (QED) is 0.893. The molecule has 0 spiro atoms. The van der Waals surface area contributed by atoms with Gasteiger partial charge in [-0.15, -0.1) is 0 Å². The Kier molecular flexibility index (Phi) is 4.07. The third-order valence-electron chi connectivity index (χ3n) is 3.34. The predicted molar refractivity (Wildman–Crippen MR) is 74.5 cm³/mol. The molecule has 0 radical (unpaired) electrons. The van der Waals surface area contributed by atoms with Crippen molar-refractivity contribution in [1.29, 1.82) is 0 Å². The summed E-state index contributed by atoms with van der Waals surface area (Å²) in [6.45, 7) is 4.67. The number of furan rings is 1. The van der Waals surface area contributed by atoms with Crippen molar-refractivity contribution in [3.05, 3.63) is 41.9 Å². The molecule has 2 rings (SSSR count). The Hall–Kier alpha value is -1.59. The molecule has 0 aromatic carbocycles. The Morgan fingerprint density at radius 2 is 2.21 bits per heavy atom. The molecule has 2 heterocycles. The second-order valence-electron chi connectivity index (χ2n) is 5.12. The normalized spacial score (nSPS) is 14.8. The van der Waals surface area contributed by atoms with Crippen LogP contribution in [0.5, 0.6) is 0 Å². The van der Waals surface area contributed by atoms with Gasteiger partial charge in [-0.3, -0.25) is 4.90 Å². The molecule has 2 atom stereocenters. The van der Waals surface area contributed by atoms with Crippen LogP contribution in [0.2, 0.25) is 0 Å². The van der Waals surface area contributed by atoms with Crippen LogP contribution in [0.1, 0.15) is 30.3 Å². The molecule has 0 amide bonds. The van der Waals surface area contributed by atoms with Crippen molar-refractivity contribution in [2.24, 2.45) is 12.8 Å². The van der Waals surface area contributed by atoms with E-state index in [2.05, 4.69) is 9.88 Å². The minimum atomic E-state index is -0.0178. The number of hydrogen-bond acceptors (Lipinski definition) is 4. The topological polar surface area (TPSA) is 60.2 Å². The van der Waals surface area contributed by atoms with Gasteiger partial charge in [-0.25, -0.2) is 4.98 Å². The number of likely N-dealkylation sites (N-methyl/N-ethyl adjacent to an activating group) is 1. The fourth-order valence-corrected chi connectivity index (χ4v) is 2.36. The Bertz CT molecular complexity index is 529. The van der Waals surface area contributed by atoms with Crippen molar-refractivity contribution in [3.8, 4) is 0 Å². The van der Waals surface area contributed by atoms with Crippen LogP contribution in [0.25, 0.3) is 0 Å². The van der Waals surface area contributed by atoms with Gasteiger partial charge in [0.1, 0.15) is 17.3 Å². The Morgan fingerprint density at radius 3 is 2.68 bits per heavy atom. The standard InChI is InChI=1S/C14H22N4O/c1-10-5-6-12(19-10)14(11(2)15)18(4)9-13-16-7-8-17(13)3/h5-8,11,14H,9,15H2,1-4H3. The summed E-state index contributed by atoms with van der Waals surface area (Å²) in [6.07, 6.45) is 3.75. The Balaban J connectivity index is 2.18. The average Bonchev–Trinajstić information content (AvgIpc) is 2.89. The van der Waals surface area contributed by atoms with Gasteiger partial charge in [0.25, 0.3) is 0 Å². The molecular formula is C14H22N4O. The van der Waals surface area contributed by atoms with E-state index in [4.69, 9.17) is 10.2 Å². The van der Waals surface area contributed by atoms with Crippen molar-refractivity contribution in [1.82, 2.24) is 14.5 Å². The van der Waals surface area contributed by atoms with E-state index in [9.17, 15) is 0 Å². The number of imidazole rings is 1. The minimum Gasteiger partial charge on any atom is -0.465 e. The van der Waals surface area contributed by atoms with Crippen molar-refractivity contribution in [3.63, 3.8) is 0 Å². The first-order valence-corrected chi connectivity index (χ1v) is 6.47. The summed E-state index contributed by atoms with van der Waals surface area (Å²) in [5, 5.41) is 0. The van der Waals surface area contributed by atoms with E-state index in [1.807, 2.05) is 50.8 Å². The summed E-state index contributed by atoms with van der Waals surface area (Å²) in [5.41, 5.74) is 6.12. The highest BCUT2D eigenvalue weighted by atomic mass is 16.3. The molecule has 0 saturated heterocycles. The molecule has 5 heteroatoms. The maximum absolute atomic E-state index is 6.12. The van der Waals surface area contributed by atoms with Gasteiger partial charge < -0.3 is 14.7 Å². The SMILES string of the molecule is Cc1ccc(C(C(C)N)N(C)Cc2nccn2C)o1. The zero-order valence-corrected chi connectivity index (χ0v) is 12.0. The molecule has 5 nitrogen and oxygen atoms in total. The average molecular weight is 262 g/mol. The van der Waals surface area contributed by atoms with Crippen LogP contribution in [0.15, 0.2) is 28.9 Å². The second kappa shape index (κ2) is 5.59. The van der Waals surface area contributed by atoms with E-state index in [-0.39, 0.29) is 12.1 Å². The van der Waals surface area contributed by atoms with Crippen LogP contribution in [0.3, 0.4) is 0 Å². The maximum Gasteiger partial charge on any atom is 0.122 e. The second-order valence-corrected chi connectivity index (χ2v) is 5.12. The summed E-state index contributed by atoms with van der Waals surface area (Å²) in [7, 11) is 4.04. The lowest BCUT2D eigenvalue weighted by molar-refractivity contribution is 0.177. The Morgan fingerprint density at radius 1 is 1.47 bits per heavy atom. The molecule has 0 bridgehead atoms. The molecule has 0 aliphatic carbocycles. The third kappa shape index (κ3) is 3.05. The van der Waals surface area contributed by atoms with Crippen LogP contribution >= 0.6 is 0 Å². The molecular weight excluding hydrogens is 240 g/mol. The highest BCUT2D eigenvalue weighted by Crippen LogP contribution is 2.25. The number of aromatic nitrogens is 2. The molecule has 0 fully saturated rings. The van der Waals surface area contributed by atoms with Crippen LogP contribution in [-0.2, 0) is 13.6 Å². The van der Waals surface area contributed by atoms with Gasteiger partial charge >= 0.3 is 0 Å². The van der Waals surface area contributed by atoms with Crippen molar-refractivity contribution >= 4 is 0 Å². The van der Waals surface area contributed by atoms with Gasteiger partial charge in [0.15, 0.2) is 0 Å². The molecule has 19 heavy (non-hydrogen) atoms. The zero-order valence-electron chi connectivity index (χ0n) is 12.0. The molecule has 2 aromatic rings. The molecule has 2 aromatic heterocycles. The summed E-state index contributed by atoms with van der Waals surface area (Å²) >= 11 is 0. The fourth-order valence-electron chi connectivity index (χ4n) is 2.36. The summed E-state index contributed by atoms with van der Waals surface area (Å²) in [5.74, 6) is 2.83. The molecule has 0 aliphatic rings. The number of hydrogen-bond donors (Lipinski definition) is 1. The van der Waals surface area contributed by atoms with Crippen molar-refractivity contribution < 1.29 is 4.42 Å². The first kappa shape index (κ1) is 13.8. The Labute approximate surface area is 114 Å². The predicted octanol–water partition coefficient (Wildman–Crippen LogP) is 1.84. The first-order chi connectivity index (χ1) is 8.99. The van der Waals surface area contributed by atoms with Crippen LogP contribution in [0, 0.1) is 6.92 Å². The fraction of sp³-hybridized carbons (Fsp3) is 0.500. The van der Waals surface area contributed by atoms with Crippen molar-refractivity contribution in [2.75, 3.05) is 7.05 Å². The van der Waals surface area contributed by atoms with Gasteiger partial charge in [-0.2, -0.15) is 0 Å². The van der Waals surface area contributed by atoms with Gasteiger partial charge in [-0.1, -0.05) is 0 Å². The van der Waals surface area contributed by atoms with Gasteiger partial charge in [0, 0.05) is 25.5 Å².